The van der Waals surface area contributed by atoms with Crippen molar-refractivity contribution in [1.29, 1.82) is 0 Å². The van der Waals surface area contributed by atoms with E-state index in [4.69, 9.17) is 0 Å². The summed E-state index contributed by atoms with van der Waals surface area (Å²) >= 11 is 1.42. The van der Waals surface area contributed by atoms with Gasteiger partial charge in [-0.05, 0) is 22.6 Å². The van der Waals surface area contributed by atoms with Crippen molar-refractivity contribution in [3.63, 3.8) is 0 Å². The predicted molar refractivity (Wildman–Crippen MR) is 92.7 cm³/mol. The van der Waals surface area contributed by atoms with Crippen molar-refractivity contribution in [2.45, 2.75) is 26.1 Å². The van der Waals surface area contributed by atoms with Crippen LogP contribution in [-0.2, 0) is 24.5 Å². The van der Waals surface area contributed by atoms with Crippen LogP contribution in [0.15, 0.2) is 46.8 Å². The van der Waals surface area contributed by atoms with Crippen LogP contribution in [0.1, 0.15) is 17.5 Å². The van der Waals surface area contributed by atoms with Crippen LogP contribution in [0, 0.1) is 0 Å². The highest BCUT2D eigenvalue weighted by Crippen LogP contribution is 2.13. The number of aromatic nitrogens is 2. The Kier molecular flexibility index (Phi) is 5.02. The van der Waals surface area contributed by atoms with E-state index in [9.17, 15) is 14.7 Å². The van der Waals surface area contributed by atoms with Crippen LogP contribution in [0.4, 0.5) is 0 Å². The van der Waals surface area contributed by atoms with Crippen molar-refractivity contribution in [2.24, 2.45) is 0 Å². The number of nitrogens with one attached hydrogen (secondary N) is 1. The van der Waals surface area contributed by atoms with Gasteiger partial charge in [0.2, 0.25) is 5.91 Å². The number of aryl methyl sites for hydroxylation is 1. The molecule has 0 atom stereocenters. The molecule has 2 aromatic heterocycles. The highest BCUT2D eigenvalue weighted by atomic mass is 32.1. The summed E-state index contributed by atoms with van der Waals surface area (Å²) in [6, 6.07) is 9.14. The zero-order valence-corrected chi connectivity index (χ0v) is 13.8. The molecular formula is C17H17N3O3S. The first kappa shape index (κ1) is 16.4. The Labute approximate surface area is 142 Å². The summed E-state index contributed by atoms with van der Waals surface area (Å²) in [7, 11) is 0. The quantitative estimate of drug-likeness (QED) is 0.713. The van der Waals surface area contributed by atoms with Crippen LogP contribution in [0.5, 0.6) is 0 Å². The number of carbonyl (C=O) groups is 1. The van der Waals surface area contributed by atoms with Crippen molar-refractivity contribution in [3.8, 4) is 0 Å². The van der Waals surface area contributed by atoms with Crippen LogP contribution in [0.25, 0.3) is 10.2 Å². The third-order valence-corrected chi connectivity index (χ3v) is 4.62. The molecule has 1 amide bonds. The normalized spacial score (nSPS) is 10.9. The number of rotatable bonds is 6. The number of fused-ring (bicyclic) bond motifs is 1. The molecule has 6 nitrogen and oxygen atoms in total. The Hall–Kier alpha value is -2.51. The van der Waals surface area contributed by atoms with E-state index in [1.165, 1.54) is 22.2 Å². The fraction of sp³-hybridized carbons (Fsp3) is 0.235. The molecule has 0 saturated carbocycles. The van der Waals surface area contributed by atoms with Crippen LogP contribution < -0.4 is 10.9 Å². The molecule has 3 aromatic rings. The third-order valence-electron chi connectivity index (χ3n) is 3.79. The number of hydrogen-bond donors (Lipinski definition) is 2. The highest BCUT2D eigenvalue weighted by Gasteiger charge is 2.08. The Morgan fingerprint density at radius 2 is 2.04 bits per heavy atom. The molecule has 0 aliphatic rings. The SMILES string of the molecule is O=C(CCn1cnc2sccc2c1=O)NCc1ccccc1CO. The molecule has 0 fully saturated rings. The lowest BCUT2D eigenvalue weighted by atomic mass is 10.1. The fourth-order valence-electron chi connectivity index (χ4n) is 2.44. The van der Waals surface area contributed by atoms with Gasteiger partial charge in [-0.1, -0.05) is 24.3 Å². The number of aliphatic hydroxyl groups is 1. The summed E-state index contributed by atoms with van der Waals surface area (Å²) in [5.41, 5.74) is 1.55. The minimum absolute atomic E-state index is 0.0617. The predicted octanol–water partition coefficient (Wildman–Crippen LogP) is 1.66. The van der Waals surface area contributed by atoms with Gasteiger partial charge in [-0.3, -0.25) is 14.2 Å². The first-order chi connectivity index (χ1) is 11.7. The maximum atomic E-state index is 12.2. The summed E-state index contributed by atoms with van der Waals surface area (Å²) in [6.07, 6.45) is 1.67. The van der Waals surface area contributed by atoms with E-state index in [0.29, 0.717) is 16.8 Å². The molecule has 0 unspecified atom stereocenters. The van der Waals surface area contributed by atoms with Gasteiger partial charge in [0.05, 0.1) is 18.3 Å². The maximum Gasteiger partial charge on any atom is 0.262 e. The molecule has 0 saturated heterocycles. The van der Waals surface area contributed by atoms with Gasteiger partial charge in [0.1, 0.15) is 4.83 Å². The van der Waals surface area contributed by atoms with E-state index < -0.39 is 0 Å². The van der Waals surface area contributed by atoms with Gasteiger partial charge >= 0.3 is 0 Å². The van der Waals surface area contributed by atoms with Crippen molar-refractivity contribution in [2.75, 3.05) is 0 Å². The van der Waals surface area contributed by atoms with Crippen molar-refractivity contribution in [1.82, 2.24) is 14.9 Å². The number of aliphatic hydroxyl groups excluding tert-OH is 1. The summed E-state index contributed by atoms with van der Waals surface area (Å²) in [4.78, 5) is 29.2. The molecule has 0 radical (unpaired) electrons. The average molecular weight is 343 g/mol. The van der Waals surface area contributed by atoms with Gasteiger partial charge in [-0.2, -0.15) is 0 Å². The molecule has 0 aliphatic carbocycles. The van der Waals surface area contributed by atoms with E-state index in [0.717, 1.165) is 11.1 Å². The number of amides is 1. The molecule has 2 heterocycles. The number of thiophene rings is 1. The van der Waals surface area contributed by atoms with E-state index in [1.807, 2.05) is 29.6 Å². The highest BCUT2D eigenvalue weighted by molar-refractivity contribution is 7.16. The lowest BCUT2D eigenvalue weighted by Crippen LogP contribution is -2.27. The molecule has 2 N–H and O–H groups in total. The van der Waals surface area contributed by atoms with Crippen molar-refractivity contribution >= 4 is 27.5 Å². The second-order valence-corrected chi connectivity index (χ2v) is 6.23. The summed E-state index contributed by atoms with van der Waals surface area (Å²) in [5.74, 6) is -0.153. The molecule has 7 heteroatoms. The van der Waals surface area contributed by atoms with Gasteiger partial charge in [-0.25, -0.2) is 4.98 Å². The average Bonchev–Trinajstić information content (AvgIpc) is 3.09. The van der Waals surface area contributed by atoms with Crippen LogP contribution >= 0.6 is 11.3 Å². The Bertz CT molecular complexity index is 917. The number of benzene rings is 1. The van der Waals surface area contributed by atoms with Gasteiger partial charge < -0.3 is 10.4 Å². The molecule has 0 aliphatic heterocycles. The zero-order valence-electron chi connectivity index (χ0n) is 12.9. The Morgan fingerprint density at radius 1 is 1.25 bits per heavy atom. The molecule has 3 rings (SSSR count). The van der Waals surface area contributed by atoms with E-state index in [2.05, 4.69) is 10.3 Å². The molecule has 124 valence electrons. The van der Waals surface area contributed by atoms with E-state index >= 15 is 0 Å². The summed E-state index contributed by atoms with van der Waals surface area (Å²) in [6.45, 7) is 0.575. The van der Waals surface area contributed by atoms with Gasteiger partial charge in [-0.15, -0.1) is 11.3 Å². The van der Waals surface area contributed by atoms with Crippen LogP contribution in [0.3, 0.4) is 0 Å². The Morgan fingerprint density at radius 3 is 2.83 bits per heavy atom. The van der Waals surface area contributed by atoms with E-state index in [-0.39, 0.29) is 31.0 Å². The number of nitrogens with zero attached hydrogens (tertiary/aromatic N) is 2. The Balaban J connectivity index is 1.59. The molecule has 24 heavy (non-hydrogen) atoms. The molecular weight excluding hydrogens is 326 g/mol. The first-order valence-electron chi connectivity index (χ1n) is 7.56. The third kappa shape index (κ3) is 3.52. The van der Waals surface area contributed by atoms with Crippen LogP contribution in [-0.4, -0.2) is 20.6 Å². The largest absolute Gasteiger partial charge is 0.392 e. The lowest BCUT2D eigenvalue weighted by molar-refractivity contribution is -0.121. The maximum absolute atomic E-state index is 12.2. The number of carbonyl (C=O) groups excluding carboxylic acids is 1. The molecule has 0 spiro atoms. The summed E-state index contributed by atoms with van der Waals surface area (Å²) in [5, 5.41) is 14.5. The summed E-state index contributed by atoms with van der Waals surface area (Å²) < 4.78 is 1.45. The van der Waals surface area contributed by atoms with Crippen LogP contribution in [0.2, 0.25) is 0 Å². The standard InChI is InChI=1S/C17H17N3O3S/c21-10-13-4-2-1-3-12(13)9-18-15(22)5-7-20-11-19-16-14(17(20)23)6-8-24-16/h1-4,6,8,11,21H,5,7,9-10H2,(H,18,22). The van der Waals surface area contributed by atoms with Gasteiger partial charge in [0, 0.05) is 19.5 Å². The zero-order chi connectivity index (χ0) is 16.9. The smallest absolute Gasteiger partial charge is 0.262 e. The van der Waals surface area contributed by atoms with Gasteiger partial charge in [0.15, 0.2) is 0 Å². The van der Waals surface area contributed by atoms with E-state index in [1.54, 1.807) is 6.07 Å². The number of hydrogen-bond acceptors (Lipinski definition) is 5. The lowest BCUT2D eigenvalue weighted by Gasteiger charge is -2.09. The second-order valence-electron chi connectivity index (χ2n) is 5.34. The monoisotopic (exact) mass is 343 g/mol. The van der Waals surface area contributed by atoms with Crippen molar-refractivity contribution < 1.29 is 9.90 Å². The second kappa shape index (κ2) is 7.37. The minimum Gasteiger partial charge on any atom is -0.392 e. The topological polar surface area (TPSA) is 84.2 Å². The minimum atomic E-state index is -0.153. The molecule has 0 bridgehead atoms. The van der Waals surface area contributed by atoms with Crippen molar-refractivity contribution in [3.05, 3.63) is 63.5 Å². The van der Waals surface area contributed by atoms with Gasteiger partial charge in [0.25, 0.3) is 5.56 Å². The first-order valence-corrected chi connectivity index (χ1v) is 8.44. The fourth-order valence-corrected chi connectivity index (χ4v) is 3.16. The molecule has 1 aromatic carbocycles.